The van der Waals surface area contributed by atoms with E-state index in [1.54, 1.807) is 0 Å². The van der Waals surface area contributed by atoms with E-state index in [0.29, 0.717) is 12.1 Å². The molecule has 0 amide bonds. The van der Waals surface area contributed by atoms with Crippen LogP contribution in [0, 0.1) is 0 Å². The monoisotopic (exact) mass is 172 g/mol. The molecule has 12 heavy (non-hydrogen) atoms. The molecule has 0 spiro atoms. The number of nitrogens with one attached hydrogen (secondary N) is 1. The minimum atomic E-state index is 0.626. The highest BCUT2D eigenvalue weighted by atomic mass is 15.1. The summed E-state index contributed by atoms with van der Waals surface area (Å²) in [6.45, 7) is 7.95. The smallest absolute Gasteiger partial charge is 0.0217 e. The van der Waals surface area contributed by atoms with Gasteiger partial charge >= 0.3 is 0 Å². The summed E-state index contributed by atoms with van der Waals surface area (Å²) in [6.07, 6.45) is 2.44. The average Bonchev–Trinajstić information content (AvgIpc) is 2.07. The van der Waals surface area contributed by atoms with Crippen molar-refractivity contribution in [1.82, 2.24) is 10.2 Å². The van der Waals surface area contributed by atoms with Gasteiger partial charge in [0, 0.05) is 12.1 Å². The quantitative estimate of drug-likeness (QED) is 0.656. The van der Waals surface area contributed by atoms with Gasteiger partial charge in [-0.15, -0.1) is 0 Å². The van der Waals surface area contributed by atoms with Gasteiger partial charge in [-0.05, 0) is 40.4 Å². The first-order chi connectivity index (χ1) is 5.67. The van der Waals surface area contributed by atoms with Gasteiger partial charge in [0.25, 0.3) is 0 Å². The van der Waals surface area contributed by atoms with Crippen molar-refractivity contribution in [1.29, 1.82) is 0 Å². The summed E-state index contributed by atoms with van der Waals surface area (Å²) in [5, 5.41) is 3.35. The highest BCUT2D eigenvalue weighted by Crippen LogP contribution is 2.05. The highest BCUT2D eigenvalue weighted by molar-refractivity contribution is 4.76. The largest absolute Gasteiger partial charge is 0.315 e. The van der Waals surface area contributed by atoms with Crippen molar-refractivity contribution in [2.75, 3.05) is 20.6 Å². The Morgan fingerprint density at radius 1 is 1.33 bits per heavy atom. The van der Waals surface area contributed by atoms with Gasteiger partial charge in [0.2, 0.25) is 0 Å². The molecule has 0 bridgehead atoms. The summed E-state index contributed by atoms with van der Waals surface area (Å²) in [5.41, 5.74) is 0. The molecule has 2 heteroatoms. The molecule has 0 aromatic carbocycles. The van der Waals surface area contributed by atoms with Crippen molar-refractivity contribution in [2.45, 2.75) is 45.7 Å². The summed E-state index contributed by atoms with van der Waals surface area (Å²) in [4.78, 5) is 2.42. The van der Waals surface area contributed by atoms with Gasteiger partial charge in [0.05, 0.1) is 0 Å². The van der Waals surface area contributed by atoms with E-state index < -0.39 is 0 Å². The zero-order valence-corrected chi connectivity index (χ0v) is 9.22. The second kappa shape index (κ2) is 6.44. The fourth-order valence-corrected chi connectivity index (χ4v) is 1.65. The zero-order chi connectivity index (χ0) is 9.56. The van der Waals surface area contributed by atoms with Gasteiger partial charge < -0.3 is 10.2 Å². The Balaban J connectivity index is 3.87. The third kappa shape index (κ3) is 3.55. The van der Waals surface area contributed by atoms with Crippen molar-refractivity contribution >= 4 is 0 Å². The number of rotatable bonds is 6. The maximum absolute atomic E-state index is 3.35. The predicted molar refractivity (Wildman–Crippen MR) is 55.5 cm³/mol. The number of hydrogen-bond donors (Lipinski definition) is 1. The minimum Gasteiger partial charge on any atom is -0.315 e. The van der Waals surface area contributed by atoms with E-state index in [1.807, 2.05) is 7.05 Å². The summed E-state index contributed by atoms with van der Waals surface area (Å²) in [6, 6.07) is 1.27. The molecule has 0 fully saturated rings. The Bertz CT molecular complexity index is 100. The highest BCUT2D eigenvalue weighted by Gasteiger charge is 2.16. The van der Waals surface area contributed by atoms with E-state index >= 15 is 0 Å². The molecule has 0 heterocycles. The standard InChI is InChI=1S/C10H24N2/c1-6-8-12(5)9(3)10(7-2)11-4/h9-11H,6-8H2,1-5H3. The fraction of sp³-hybridized carbons (Fsp3) is 1.00. The second-order valence-electron chi connectivity index (χ2n) is 3.52. The van der Waals surface area contributed by atoms with Crippen LogP contribution in [-0.2, 0) is 0 Å². The van der Waals surface area contributed by atoms with Crippen LogP contribution in [0.15, 0.2) is 0 Å². The minimum absolute atomic E-state index is 0.626. The molecule has 0 saturated heterocycles. The Kier molecular flexibility index (Phi) is 6.39. The first-order valence-corrected chi connectivity index (χ1v) is 5.04. The van der Waals surface area contributed by atoms with Crippen LogP contribution in [0.1, 0.15) is 33.6 Å². The lowest BCUT2D eigenvalue weighted by Crippen LogP contribution is -2.45. The molecule has 2 nitrogen and oxygen atoms in total. The fourth-order valence-electron chi connectivity index (χ4n) is 1.65. The molecule has 0 rings (SSSR count). The van der Waals surface area contributed by atoms with Crippen molar-refractivity contribution in [3.63, 3.8) is 0 Å². The number of nitrogens with zero attached hydrogens (tertiary/aromatic N) is 1. The third-order valence-electron chi connectivity index (χ3n) is 2.66. The lowest BCUT2D eigenvalue weighted by molar-refractivity contribution is 0.208. The molecule has 0 aromatic heterocycles. The van der Waals surface area contributed by atoms with Gasteiger partial charge in [-0.2, -0.15) is 0 Å². The SMILES string of the molecule is CCCN(C)C(C)C(CC)NC. The Morgan fingerprint density at radius 3 is 2.25 bits per heavy atom. The molecule has 1 N–H and O–H groups in total. The van der Waals surface area contributed by atoms with Crippen LogP contribution >= 0.6 is 0 Å². The van der Waals surface area contributed by atoms with E-state index in [1.165, 1.54) is 19.4 Å². The summed E-state index contributed by atoms with van der Waals surface area (Å²) >= 11 is 0. The maximum atomic E-state index is 3.35. The van der Waals surface area contributed by atoms with Crippen LogP contribution in [0.5, 0.6) is 0 Å². The predicted octanol–water partition coefficient (Wildman–Crippen LogP) is 1.71. The summed E-state index contributed by atoms with van der Waals surface area (Å²) in [7, 11) is 4.25. The number of hydrogen-bond acceptors (Lipinski definition) is 2. The molecule has 0 aliphatic heterocycles. The summed E-state index contributed by atoms with van der Waals surface area (Å²) in [5.74, 6) is 0. The molecule has 0 aromatic rings. The molecule has 2 unspecified atom stereocenters. The van der Waals surface area contributed by atoms with Gasteiger partial charge in [0.15, 0.2) is 0 Å². The van der Waals surface area contributed by atoms with Crippen molar-refractivity contribution in [3.05, 3.63) is 0 Å². The van der Waals surface area contributed by atoms with E-state index in [4.69, 9.17) is 0 Å². The van der Waals surface area contributed by atoms with Crippen LogP contribution in [0.25, 0.3) is 0 Å². The van der Waals surface area contributed by atoms with Crippen LogP contribution in [0.4, 0.5) is 0 Å². The second-order valence-corrected chi connectivity index (χ2v) is 3.52. The van der Waals surface area contributed by atoms with Gasteiger partial charge in [-0.25, -0.2) is 0 Å². The number of likely N-dealkylation sites (N-methyl/N-ethyl adjacent to an activating group) is 2. The van der Waals surface area contributed by atoms with Gasteiger partial charge in [0.1, 0.15) is 0 Å². The van der Waals surface area contributed by atoms with Crippen LogP contribution in [0.3, 0.4) is 0 Å². The molecule has 0 saturated carbocycles. The lowest BCUT2D eigenvalue weighted by Gasteiger charge is -2.30. The van der Waals surface area contributed by atoms with Crippen molar-refractivity contribution < 1.29 is 0 Å². The zero-order valence-electron chi connectivity index (χ0n) is 9.22. The normalized spacial score (nSPS) is 16.5. The Morgan fingerprint density at radius 2 is 1.92 bits per heavy atom. The molecule has 74 valence electrons. The maximum Gasteiger partial charge on any atom is 0.0217 e. The Labute approximate surface area is 77.3 Å². The van der Waals surface area contributed by atoms with Crippen LogP contribution < -0.4 is 5.32 Å². The summed E-state index contributed by atoms with van der Waals surface area (Å²) < 4.78 is 0. The lowest BCUT2D eigenvalue weighted by atomic mass is 10.1. The van der Waals surface area contributed by atoms with E-state index in [2.05, 4.69) is 38.0 Å². The van der Waals surface area contributed by atoms with Crippen LogP contribution in [0.2, 0.25) is 0 Å². The van der Waals surface area contributed by atoms with Crippen molar-refractivity contribution in [2.24, 2.45) is 0 Å². The molecule has 0 aliphatic carbocycles. The van der Waals surface area contributed by atoms with E-state index in [9.17, 15) is 0 Å². The van der Waals surface area contributed by atoms with E-state index in [-0.39, 0.29) is 0 Å². The Hall–Kier alpha value is -0.0800. The van der Waals surface area contributed by atoms with Gasteiger partial charge in [-0.3, -0.25) is 0 Å². The topological polar surface area (TPSA) is 15.3 Å². The van der Waals surface area contributed by atoms with Gasteiger partial charge in [-0.1, -0.05) is 13.8 Å². The van der Waals surface area contributed by atoms with E-state index in [0.717, 1.165) is 0 Å². The van der Waals surface area contributed by atoms with Crippen LogP contribution in [-0.4, -0.2) is 37.6 Å². The van der Waals surface area contributed by atoms with Crippen molar-refractivity contribution in [3.8, 4) is 0 Å². The molecular formula is C10H24N2. The first-order valence-electron chi connectivity index (χ1n) is 5.04. The molecule has 0 radical (unpaired) electrons. The molecular weight excluding hydrogens is 148 g/mol. The molecule has 2 atom stereocenters. The third-order valence-corrected chi connectivity index (χ3v) is 2.66. The average molecular weight is 172 g/mol. The first kappa shape index (κ1) is 11.9. The molecule has 0 aliphatic rings.